The summed E-state index contributed by atoms with van der Waals surface area (Å²) in [6, 6.07) is 0. The van der Waals surface area contributed by atoms with Gasteiger partial charge in [0.25, 0.3) is 0 Å². The van der Waals surface area contributed by atoms with Crippen LogP contribution in [0.4, 0.5) is 0 Å². The van der Waals surface area contributed by atoms with Crippen LogP contribution in [0, 0.1) is 11.3 Å². The largest absolute Gasteiger partial charge is 0.480 e. The minimum atomic E-state index is -0.949. The number of hydrogen-bond acceptors (Lipinski definition) is 2. The molecule has 0 fully saturated rings. The first-order valence-corrected chi connectivity index (χ1v) is 6.18. The average Bonchev–Trinajstić information content (AvgIpc) is 2.14. The lowest BCUT2D eigenvalue weighted by Gasteiger charge is -2.29. The van der Waals surface area contributed by atoms with Crippen LogP contribution in [0.15, 0.2) is 0 Å². The topological polar surface area (TPSA) is 57.6 Å². The summed E-state index contributed by atoms with van der Waals surface area (Å²) in [4.78, 5) is 24.1. The second-order valence-electron chi connectivity index (χ2n) is 5.68. The highest BCUT2D eigenvalue weighted by Gasteiger charge is 2.25. The number of nitrogens with zero attached hydrogens (tertiary/aromatic N) is 1. The minimum Gasteiger partial charge on any atom is -0.480 e. The van der Waals surface area contributed by atoms with E-state index >= 15 is 0 Å². The number of aliphatic carboxylic acids is 1. The molecule has 0 spiro atoms. The van der Waals surface area contributed by atoms with Crippen LogP contribution in [0.3, 0.4) is 0 Å². The monoisotopic (exact) mass is 243 g/mol. The number of carboxylic acids is 1. The third kappa shape index (κ3) is 6.29. The Bertz CT molecular complexity index is 268. The summed E-state index contributed by atoms with van der Waals surface area (Å²) < 4.78 is 0. The Labute approximate surface area is 104 Å². The zero-order chi connectivity index (χ0) is 13.6. The third-order valence-electron chi connectivity index (χ3n) is 3.13. The van der Waals surface area contributed by atoms with Gasteiger partial charge in [0.2, 0.25) is 5.91 Å². The first-order valence-electron chi connectivity index (χ1n) is 6.18. The van der Waals surface area contributed by atoms with Crippen LogP contribution in [0.2, 0.25) is 0 Å². The number of rotatable bonds is 6. The fraction of sp³-hybridized carbons (Fsp3) is 0.846. The summed E-state index contributed by atoms with van der Waals surface area (Å²) in [6.07, 6.45) is 1.19. The van der Waals surface area contributed by atoms with Gasteiger partial charge in [-0.1, -0.05) is 34.6 Å². The number of hydrogen-bond donors (Lipinski definition) is 1. The van der Waals surface area contributed by atoms with Gasteiger partial charge in [0.1, 0.15) is 6.54 Å². The van der Waals surface area contributed by atoms with Gasteiger partial charge < -0.3 is 10.0 Å². The van der Waals surface area contributed by atoms with E-state index in [4.69, 9.17) is 5.11 Å². The smallest absolute Gasteiger partial charge is 0.323 e. The minimum absolute atomic E-state index is 0.0586. The third-order valence-corrected chi connectivity index (χ3v) is 3.13. The molecule has 1 unspecified atom stereocenters. The van der Waals surface area contributed by atoms with Crippen molar-refractivity contribution in [3.8, 4) is 0 Å². The number of amides is 1. The Balaban J connectivity index is 4.47. The molecular formula is C13H25NO3. The first-order chi connectivity index (χ1) is 7.68. The van der Waals surface area contributed by atoms with Gasteiger partial charge in [-0.2, -0.15) is 0 Å². The summed E-state index contributed by atoms with van der Waals surface area (Å²) in [5.74, 6) is -0.768. The molecule has 1 N–H and O–H groups in total. The molecule has 17 heavy (non-hydrogen) atoms. The highest BCUT2D eigenvalue weighted by molar-refractivity contribution is 5.81. The van der Waals surface area contributed by atoms with Gasteiger partial charge in [-0.3, -0.25) is 9.59 Å². The normalized spacial score (nSPS) is 13.2. The molecule has 1 atom stereocenters. The van der Waals surface area contributed by atoms with Crippen molar-refractivity contribution >= 4 is 11.9 Å². The van der Waals surface area contributed by atoms with E-state index in [0.29, 0.717) is 13.0 Å². The summed E-state index contributed by atoms with van der Waals surface area (Å²) in [6.45, 7) is 10.6. The summed E-state index contributed by atoms with van der Waals surface area (Å²) >= 11 is 0. The zero-order valence-electron chi connectivity index (χ0n) is 11.6. The standard InChI is InChI=1S/C13H25NO3/c1-6-7-14(9-12(16)17)11(15)8-10(2)13(3,4)5/h10H,6-9H2,1-5H3,(H,16,17). The molecule has 0 heterocycles. The highest BCUT2D eigenvalue weighted by Crippen LogP contribution is 2.28. The van der Waals surface area contributed by atoms with Crippen molar-refractivity contribution in [2.45, 2.75) is 47.5 Å². The van der Waals surface area contributed by atoms with Gasteiger partial charge in [-0.25, -0.2) is 0 Å². The van der Waals surface area contributed by atoms with E-state index in [0.717, 1.165) is 6.42 Å². The van der Waals surface area contributed by atoms with E-state index in [9.17, 15) is 9.59 Å². The Morgan fingerprint density at radius 2 is 1.82 bits per heavy atom. The Morgan fingerprint density at radius 1 is 1.29 bits per heavy atom. The van der Waals surface area contributed by atoms with Crippen LogP contribution >= 0.6 is 0 Å². The fourth-order valence-electron chi connectivity index (χ4n) is 1.42. The fourth-order valence-corrected chi connectivity index (χ4v) is 1.42. The van der Waals surface area contributed by atoms with E-state index in [-0.39, 0.29) is 23.8 Å². The van der Waals surface area contributed by atoms with Crippen LogP contribution < -0.4 is 0 Å². The molecule has 4 heteroatoms. The molecule has 0 saturated carbocycles. The zero-order valence-corrected chi connectivity index (χ0v) is 11.6. The summed E-state index contributed by atoms with van der Waals surface area (Å²) in [5, 5.41) is 8.76. The Hall–Kier alpha value is -1.06. The SMILES string of the molecule is CCCN(CC(=O)O)C(=O)CC(C)C(C)(C)C. The summed E-state index contributed by atoms with van der Waals surface area (Å²) in [7, 11) is 0. The van der Waals surface area contributed by atoms with Crippen molar-refractivity contribution in [1.29, 1.82) is 0 Å². The van der Waals surface area contributed by atoms with Crippen molar-refractivity contribution in [3.05, 3.63) is 0 Å². The lowest BCUT2D eigenvalue weighted by Crippen LogP contribution is -2.38. The maximum Gasteiger partial charge on any atom is 0.323 e. The predicted molar refractivity (Wildman–Crippen MR) is 67.7 cm³/mol. The predicted octanol–water partition coefficient (Wildman–Crippen LogP) is 2.38. The summed E-state index contributed by atoms with van der Waals surface area (Å²) in [5.41, 5.74) is 0.0662. The van der Waals surface area contributed by atoms with Crippen molar-refractivity contribution in [3.63, 3.8) is 0 Å². The van der Waals surface area contributed by atoms with Gasteiger partial charge in [0.05, 0.1) is 0 Å². The average molecular weight is 243 g/mol. The van der Waals surface area contributed by atoms with Crippen molar-refractivity contribution < 1.29 is 14.7 Å². The van der Waals surface area contributed by atoms with Crippen LogP contribution in [0.1, 0.15) is 47.5 Å². The second-order valence-corrected chi connectivity index (χ2v) is 5.68. The molecule has 0 aromatic carbocycles. The highest BCUT2D eigenvalue weighted by atomic mass is 16.4. The van der Waals surface area contributed by atoms with E-state index in [2.05, 4.69) is 20.8 Å². The molecular weight excluding hydrogens is 218 g/mol. The van der Waals surface area contributed by atoms with E-state index in [1.54, 1.807) is 0 Å². The molecule has 0 saturated heterocycles. The maximum absolute atomic E-state index is 12.0. The maximum atomic E-state index is 12.0. The quantitative estimate of drug-likeness (QED) is 0.779. The molecule has 0 aromatic heterocycles. The molecule has 0 aliphatic heterocycles. The van der Waals surface area contributed by atoms with Gasteiger partial charge in [-0.05, 0) is 17.8 Å². The molecule has 0 aliphatic rings. The molecule has 0 aromatic rings. The number of carbonyl (C=O) groups excluding carboxylic acids is 1. The van der Waals surface area contributed by atoms with E-state index in [1.165, 1.54) is 4.90 Å². The van der Waals surface area contributed by atoms with Crippen molar-refractivity contribution in [2.24, 2.45) is 11.3 Å². The van der Waals surface area contributed by atoms with Crippen molar-refractivity contribution in [1.82, 2.24) is 4.90 Å². The van der Waals surface area contributed by atoms with E-state index < -0.39 is 5.97 Å². The van der Waals surface area contributed by atoms with Gasteiger partial charge in [-0.15, -0.1) is 0 Å². The van der Waals surface area contributed by atoms with Gasteiger partial charge >= 0.3 is 5.97 Å². The first kappa shape index (κ1) is 15.9. The molecule has 1 amide bonds. The van der Waals surface area contributed by atoms with Crippen LogP contribution in [-0.2, 0) is 9.59 Å². The lowest BCUT2D eigenvalue weighted by atomic mass is 9.80. The molecule has 0 radical (unpaired) electrons. The molecule has 0 aliphatic carbocycles. The van der Waals surface area contributed by atoms with Crippen LogP contribution in [0.5, 0.6) is 0 Å². The van der Waals surface area contributed by atoms with Gasteiger partial charge in [0, 0.05) is 13.0 Å². The Morgan fingerprint density at radius 3 is 2.18 bits per heavy atom. The molecule has 100 valence electrons. The van der Waals surface area contributed by atoms with Crippen molar-refractivity contribution in [2.75, 3.05) is 13.1 Å². The van der Waals surface area contributed by atoms with Crippen LogP contribution in [0.25, 0.3) is 0 Å². The number of carboxylic acid groups (broad SMARTS) is 1. The van der Waals surface area contributed by atoms with Gasteiger partial charge in [0.15, 0.2) is 0 Å². The second kappa shape index (κ2) is 6.62. The van der Waals surface area contributed by atoms with E-state index in [1.807, 2.05) is 13.8 Å². The lowest BCUT2D eigenvalue weighted by molar-refractivity contribution is -0.145. The Kier molecular flexibility index (Phi) is 6.21. The molecule has 0 bridgehead atoms. The molecule has 0 rings (SSSR count). The number of carbonyl (C=O) groups is 2. The van der Waals surface area contributed by atoms with Crippen LogP contribution in [-0.4, -0.2) is 35.0 Å². The molecule has 4 nitrogen and oxygen atoms in total.